The highest BCUT2D eigenvalue weighted by Crippen LogP contribution is 2.00. The van der Waals surface area contributed by atoms with Crippen molar-refractivity contribution in [1.29, 1.82) is 0 Å². The number of methoxy groups -OCH3 is 1. The molecule has 0 N–H and O–H groups in total. The van der Waals surface area contributed by atoms with Crippen LogP contribution in [0.4, 0.5) is 0 Å². The minimum Gasteiger partial charge on any atom is -0.378 e. The third-order valence-corrected chi connectivity index (χ3v) is 1.00. The molecule has 0 aromatic carbocycles. The van der Waals surface area contributed by atoms with Crippen LogP contribution in [0.1, 0.15) is 6.92 Å². The van der Waals surface area contributed by atoms with Gasteiger partial charge >= 0.3 is 0 Å². The number of hydrogen-bond acceptors (Lipinski definition) is 2. The Morgan fingerprint density at radius 2 is 2.44 bits per heavy atom. The van der Waals surface area contributed by atoms with Crippen LogP contribution in [0.2, 0.25) is 0 Å². The van der Waals surface area contributed by atoms with Crippen LogP contribution in [-0.2, 0) is 4.74 Å². The van der Waals surface area contributed by atoms with Crippen molar-refractivity contribution in [2.45, 2.75) is 6.92 Å². The molecule has 0 amide bonds. The topological polar surface area (TPSA) is 35.7 Å². The lowest BCUT2D eigenvalue weighted by Gasteiger charge is -1.93. The second-order valence-corrected chi connectivity index (χ2v) is 1.91. The van der Waals surface area contributed by atoms with Gasteiger partial charge in [0, 0.05) is 7.11 Å². The zero-order valence-corrected chi connectivity index (χ0v) is 5.59. The average molecular weight is 125 g/mol. The maximum atomic E-state index is 4.84. The quantitative estimate of drug-likeness (QED) is 0.529. The summed E-state index contributed by atoms with van der Waals surface area (Å²) in [6.45, 7) is 2.47. The van der Waals surface area contributed by atoms with E-state index in [2.05, 4.69) is 10.5 Å². The molecular formula is C6H9N2O. The van der Waals surface area contributed by atoms with Crippen molar-refractivity contribution in [3.63, 3.8) is 0 Å². The second kappa shape index (κ2) is 2.64. The Hall–Kier alpha value is -0.830. The lowest BCUT2D eigenvalue weighted by Crippen LogP contribution is -1.99. The zero-order valence-electron chi connectivity index (χ0n) is 5.59. The molecule has 0 saturated heterocycles. The van der Waals surface area contributed by atoms with E-state index in [1.54, 1.807) is 7.11 Å². The van der Waals surface area contributed by atoms with Crippen molar-refractivity contribution < 1.29 is 4.74 Å². The van der Waals surface area contributed by atoms with Crippen LogP contribution in [0, 0.1) is 0 Å². The van der Waals surface area contributed by atoms with E-state index < -0.39 is 0 Å². The van der Waals surface area contributed by atoms with Gasteiger partial charge in [0.05, 0.1) is 18.0 Å². The lowest BCUT2D eigenvalue weighted by atomic mass is 10.3. The largest absolute Gasteiger partial charge is 0.378 e. The van der Waals surface area contributed by atoms with Crippen LogP contribution < -0.4 is 5.43 Å². The van der Waals surface area contributed by atoms with Gasteiger partial charge in [-0.2, -0.15) is 10.5 Å². The Morgan fingerprint density at radius 3 is 2.89 bits per heavy atom. The van der Waals surface area contributed by atoms with Crippen molar-refractivity contribution >= 4 is 5.71 Å². The predicted molar refractivity (Wildman–Crippen MR) is 35.2 cm³/mol. The molecule has 3 heteroatoms. The van der Waals surface area contributed by atoms with E-state index in [1.165, 1.54) is 0 Å². The Morgan fingerprint density at radius 1 is 1.67 bits per heavy atom. The van der Waals surface area contributed by atoms with Crippen molar-refractivity contribution in [1.82, 2.24) is 5.43 Å². The summed E-state index contributed by atoms with van der Waals surface area (Å²) in [4.78, 5) is 0. The molecule has 0 spiro atoms. The summed E-state index contributed by atoms with van der Waals surface area (Å²) in [6, 6.07) is 0. The molecule has 0 bridgehead atoms. The number of ether oxygens (including phenoxy) is 1. The molecule has 3 nitrogen and oxygen atoms in total. The smallest absolute Gasteiger partial charge is 0.0906 e. The molecule has 0 saturated carbocycles. The van der Waals surface area contributed by atoms with Gasteiger partial charge in [-0.15, -0.1) is 0 Å². The minimum absolute atomic E-state index is 0.556. The molecule has 49 valence electrons. The second-order valence-electron chi connectivity index (χ2n) is 1.91. The Bertz CT molecular complexity index is 160. The maximum absolute atomic E-state index is 4.84. The summed E-state index contributed by atoms with van der Waals surface area (Å²) in [7, 11) is 1.64. The molecule has 0 aliphatic carbocycles. The van der Waals surface area contributed by atoms with Gasteiger partial charge in [0.2, 0.25) is 0 Å². The summed E-state index contributed by atoms with van der Waals surface area (Å²) in [5.41, 5.74) is 5.68. The van der Waals surface area contributed by atoms with Crippen LogP contribution in [0.3, 0.4) is 0 Å². The van der Waals surface area contributed by atoms with Crippen molar-refractivity contribution in [2.75, 3.05) is 13.7 Å². The highest BCUT2D eigenvalue weighted by atomic mass is 16.5. The number of allylic oxidation sites excluding steroid dienone is 1. The van der Waals surface area contributed by atoms with E-state index in [4.69, 9.17) is 4.74 Å². The first kappa shape index (κ1) is 6.29. The number of hydrogen-bond donors (Lipinski definition) is 0. The number of rotatable bonds is 2. The van der Waals surface area contributed by atoms with E-state index in [9.17, 15) is 0 Å². The monoisotopic (exact) mass is 125 g/mol. The van der Waals surface area contributed by atoms with Crippen LogP contribution >= 0.6 is 0 Å². The first-order valence-corrected chi connectivity index (χ1v) is 2.78. The first-order chi connectivity index (χ1) is 4.33. The van der Waals surface area contributed by atoms with Gasteiger partial charge in [-0.3, -0.25) is 0 Å². The molecule has 0 aromatic heterocycles. The first-order valence-electron chi connectivity index (χ1n) is 2.78. The molecule has 0 aromatic rings. The lowest BCUT2D eigenvalue weighted by molar-refractivity contribution is 0.220. The van der Waals surface area contributed by atoms with Crippen LogP contribution in [0.5, 0.6) is 0 Å². The van der Waals surface area contributed by atoms with Gasteiger partial charge in [0.25, 0.3) is 0 Å². The van der Waals surface area contributed by atoms with E-state index in [-0.39, 0.29) is 0 Å². The van der Waals surface area contributed by atoms with Crippen LogP contribution in [0.15, 0.2) is 16.9 Å². The standard InChI is InChI=1S/C6H9N2O/c1-5-3-6(4-9-2)8-7-5/h3H,4H2,1-2H3. The van der Waals surface area contributed by atoms with E-state index in [0.717, 1.165) is 11.4 Å². The van der Waals surface area contributed by atoms with E-state index >= 15 is 0 Å². The summed E-state index contributed by atoms with van der Waals surface area (Å²) in [5, 5.41) is 3.81. The highest BCUT2D eigenvalue weighted by Gasteiger charge is 2.03. The van der Waals surface area contributed by atoms with E-state index in [0.29, 0.717) is 6.61 Å². The van der Waals surface area contributed by atoms with Crippen LogP contribution in [-0.4, -0.2) is 19.4 Å². The molecule has 0 unspecified atom stereocenters. The number of nitrogens with zero attached hydrogens (tertiary/aromatic N) is 2. The third-order valence-electron chi connectivity index (χ3n) is 1.00. The Labute approximate surface area is 54.4 Å². The molecule has 9 heavy (non-hydrogen) atoms. The maximum Gasteiger partial charge on any atom is 0.0906 e. The molecule has 1 heterocycles. The van der Waals surface area contributed by atoms with Gasteiger partial charge in [-0.1, -0.05) is 0 Å². The summed E-state index contributed by atoms with van der Waals surface area (Å²) < 4.78 is 4.84. The Balaban J connectivity index is 2.41. The minimum atomic E-state index is 0.556. The van der Waals surface area contributed by atoms with Gasteiger partial charge in [0.15, 0.2) is 0 Å². The van der Waals surface area contributed by atoms with Gasteiger partial charge in [0.1, 0.15) is 0 Å². The molecule has 1 radical (unpaired) electrons. The van der Waals surface area contributed by atoms with Crippen molar-refractivity contribution in [2.24, 2.45) is 5.10 Å². The fourth-order valence-corrected chi connectivity index (χ4v) is 0.660. The fourth-order valence-electron chi connectivity index (χ4n) is 0.660. The molecular weight excluding hydrogens is 116 g/mol. The highest BCUT2D eigenvalue weighted by molar-refractivity contribution is 5.94. The zero-order chi connectivity index (χ0) is 6.69. The SMILES string of the molecule is COCC1=CC(C)=N[N]1. The Kier molecular flexibility index (Phi) is 1.85. The predicted octanol–water partition coefficient (Wildman–Crippen LogP) is 0.511. The molecule has 0 atom stereocenters. The normalized spacial score (nSPS) is 16.7. The molecule has 0 fully saturated rings. The van der Waals surface area contributed by atoms with Crippen LogP contribution in [0.25, 0.3) is 0 Å². The molecule has 1 aliphatic heterocycles. The molecule has 1 rings (SSSR count). The van der Waals surface area contributed by atoms with Gasteiger partial charge in [-0.25, -0.2) is 0 Å². The van der Waals surface area contributed by atoms with Gasteiger partial charge in [-0.05, 0) is 13.0 Å². The van der Waals surface area contributed by atoms with E-state index in [1.807, 2.05) is 13.0 Å². The van der Waals surface area contributed by atoms with Crippen molar-refractivity contribution in [3.05, 3.63) is 11.8 Å². The fraction of sp³-hybridized carbons (Fsp3) is 0.500. The van der Waals surface area contributed by atoms with Gasteiger partial charge < -0.3 is 4.74 Å². The summed E-state index contributed by atoms with van der Waals surface area (Å²) in [5.74, 6) is 0. The third kappa shape index (κ3) is 1.54. The average Bonchev–Trinajstić information content (AvgIpc) is 2.17. The molecule has 1 aliphatic rings. The summed E-state index contributed by atoms with van der Waals surface area (Å²) in [6.07, 6.45) is 1.91. The van der Waals surface area contributed by atoms with Crippen molar-refractivity contribution in [3.8, 4) is 0 Å². The summed E-state index contributed by atoms with van der Waals surface area (Å²) >= 11 is 0.